The van der Waals surface area contributed by atoms with Crippen LogP contribution < -0.4 is 5.32 Å². The minimum absolute atomic E-state index is 0.639. The topological polar surface area (TPSA) is 24.9 Å². The van der Waals surface area contributed by atoms with Gasteiger partial charge in [-0.3, -0.25) is 4.98 Å². The first-order chi connectivity index (χ1) is 7.86. The first kappa shape index (κ1) is 11.6. The van der Waals surface area contributed by atoms with Crippen LogP contribution in [-0.4, -0.2) is 11.0 Å². The fourth-order valence-corrected chi connectivity index (χ4v) is 2.58. The lowest BCUT2D eigenvalue weighted by atomic mass is 9.84. The minimum Gasteiger partial charge on any atom is -0.310 e. The largest absolute Gasteiger partial charge is 0.310 e. The Kier molecular flexibility index (Phi) is 4.34. The molecule has 1 N–H and O–H groups in total. The average molecular weight is 218 g/mol. The van der Waals surface area contributed by atoms with Crippen molar-refractivity contribution in [2.45, 2.75) is 51.6 Å². The van der Waals surface area contributed by atoms with Gasteiger partial charge < -0.3 is 5.32 Å². The third kappa shape index (κ3) is 3.31. The Morgan fingerprint density at radius 1 is 1.38 bits per heavy atom. The molecule has 2 heteroatoms. The summed E-state index contributed by atoms with van der Waals surface area (Å²) in [6.07, 6.45) is 10.9. The summed E-state index contributed by atoms with van der Waals surface area (Å²) in [4.78, 5) is 4.14. The number of nitrogens with zero attached hydrogens (tertiary/aromatic N) is 1. The second kappa shape index (κ2) is 6.00. The second-order valence-electron chi connectivity index (χ2n) is 4.93. The summed E-state index contributed by atoms with van der Waals surface area (Å²) in [7, 11) is 0. The maximum absolute atomic E-state index is 4.14. The average Bonchev–Trinajstić information content (AvgIpc) is 2.38. The fourth-order valence-electron chi connectivity index (χ4n) is 2.58. The zero-order chi connectivity index (χ0) is 11.2. The molecule has 2 rings (SSSR count). The molecule has 0 radical (unpaired) electrons. The van der Waals surface area contributed by atoms with E-state index in [4.69, 9.17) is 0 Å². The zero-order valence-corrected chi connectivity index (χ0v) is 10.2. The van der Waals surface area contributed by atoms with Crippen molar-refractivity contribution < 1.29 is 0 Å². The monoisotopic (exact) mass is 218 g/mol. The van der Waals surface area contributed by atoms with Crippen molar-refractivity contribution >= 4 is 0 Å². The van der Waals surface area contributed by atoms with Crippen molar-refractivity contribution in [1.29, 1.82) is 0 Å². The van der Waals surface area contributed by atoms with E-state index in [1.165, 1.54) is 37.7 Å². The first-order valence-corrected chi connectivity index (χ1v) is 6.48. The van der Waals surface area contributed by atoms with Crippen molar-refractivity contribution in [3.8, 4) is 0 Å². The summed E-state index contributed by atoms with van der Waals surface area (Å²) in [5, 5.41) is 3.63. The summed E-state index contributed by atoms with van der Waals surface area (Å²) in [5.41, 5.74) is 1.28. The van der Waals surface area contributed by atoms with Crippen LogP contribution in [0.3, 0.4) is 0 Å². The summed E-state index contributed by atoms with van der Waals surface area (Å²) in [6.45, 7) is 3.28. The molecule has 1 aliphatic rings. The van der Waals surface area contributed by atoms with E-state index in [2.05, 4.69) is 23.3 Å². The van der Waals surface area contributed by atoms with Crippen molar-refractivity contribution in [3.63, 3.8) is 0 Å². The molecule has 0 amide bonds. The van der Waals surface area contributed by atoms with E-state index in [0.717, 1.165) is 12.5 Å². The number of rotatable bonds is 4. The van der Waals surface area contributed by atoms with E-state index in [1.54, 1.807) is 0 Å². The molecule has 1 fully saturated rings. The molecule has 0 aliphatic heterocycles. The molecule has 0 spiro atoms. The van der Waals surface area contributed by atoms with Gasteiger partial charge in [0, 0.05) is 25.0 Å². The molecule has 1 aromatic heterocycles. The van der Waals surface area contributed by atoms with Crippen LogP contribution >= 0.6 is 0 Å². The molecule has 1 aromatic rings. The van der Waals surface area contributed by atoms with Crippen LogP contribution in [0.15, 0.2) is 24.5 Å². The third-order valence-corrected chi connectivity index (χ3v) is 3.71. The van der Waals surface area contributed by atoms with Crippen molar-refractivity contribution in [3.05, 3.63) is 30.1 Å². The van der Waals surface area contributed by atoms with Crippen LogP contribution in [0.4, 0.5) is 0 Å². The first-order valence-electron chi connectivity index (χ1n) is 6.48. The maximum atomic E-state index is 4.14. The Labute approximate surface area is 98.5 Å². The Bertz CT molecular complexity index is 291. The summed E-state index contributed by atoms with van der Waals surface area (Å²) in [6, 6.07) is 4.77. The van der Waals surface area contributed by atoms with Gasteiger partial charge in [-0.1, -0.05) is 25.3 Å². The summed E-state index contributed by atoms with van der Waals surface area (Å²) < 4.78 is 0. The van der Waals surface area contributed by atoms with Gasteiger partial charge in [-0.25, -0.2) is 0 Å². The second-order valence-corrected chi connectivity index (χ2v) is 4.93. The Balaban J connectivity index is 1.76. The highest BCUT2D eigenvalue weighted by Crippen LogP contribution is 2.26. The van der Waals surface area contributed by atoms with Gasteiger partial charge in [0.25, 0.3) is 0 Å². The molecule has 1 atom stereocenters. The van der Waals surface area contributed by atoms with E-state index >= 15 is 0 Å². The quantitative estimate of drug-likeness (QED) is 0.839. The van der Waals surface area contributed by atoms with Crippen LogP contribution in [0.25, 0.3) is 0 Å². The molecule has 1 saturated carbocycles. The number of pyridine rings is 1. The molecule has 2 nitrogen and oxygen atoms in total. The van der Waals surface area contributed by atoms with Gasteiger partial charge in [-0.2, -0.15) is 0 Å². The smallest absolute Gasteiger partial charge is 0.0312 e. The van der Waals surface area contributed by atoms with Crippen LogP contribution in [0.1, 0.15) is 44.6 Å². The molecular formula is C14H22N2. The molecule has 0 bridgehead atoms. The van der Waals surface area contributed by atoms with Gasteiger partial charge in [-0.15, -0.1) is 0 Å². The fraction of sp³-hybridized carbons (Fsp3) is 0.643. The molecule has 1 heterocycles. The third-order valence-electron chi connectivity index (χ3n) is 3.71. The van der Waals surface area contributed by atoms with Gasteiger partial charge in [0.2, 0.25) is 0 Å². The highest BCUT2D eigenvalue weighted by atomic mass is 14.9. The van der Waals surface area contributed by atoms with Crippen molar-refractivity contribution in [1.82, 2.24) is 10.3 Å². The SMILES string of the molecule is C[C@@H](NCc1cccnc1)C1CCCCC1. The number of hydrogen-bond acceptors (Lipinski definition) is 2. The van der Waals surface area contributed by atoms with Crippen LogP contribution in [0.5, 0.6) is 0 Å². The summed E-state index contributed by atoms with van der Waals surface area (Å²) in [5.74, 6) is 0.880. The van der Waals surface area contributed by atoms with Gasteiger partial charge in [0.1, 0.15) is 0 Å². The highest BCUT2D eigenvalue weighted by Gasteiger charge is 2.19. The number of nitrogens with one attached hydrogen (secondary N) is 1. The van der Waals surface area contributed by atoms with Gasteiger partial charge in [0.05, 0.1) is 0 Å². The molecule has 0 aromatic carbocycles. The Hall–Kier alpha value is -0.890. The lowest BCUT2D eigenvalue weighted by Crippen LogP contribution is -2.34. The number of aromatic nitrogens is 1. The Morgan fingerprint density at radius 3 is 2.88 bits per heavy atom. The molecule has 0 unspecified atom stereocenters. The lowest BCUT2D eigenvalue weighted by molar-refractivity contribution is 0.280. The minimum atomic E-state index is 0.639. The normalized spacial score (nSPS) is 19.6. The van der Waals surface area contributed by atoms with Crippen molar-refractivity contribution in [2.75, 3.05) is 0 Å². The highest BCUT2D eigenvalue weighted by molar-refractivity contribution is 5.08. The van der Waals surface area contributed by atoms with E-state index in [-0.39, 0.29) is 0 Å². The predicted molar refractivity (Wildman–Crippen MR) is 67.1 cm³/mol. The van der Waals surface area contributed by atoms with Gasteiger partial charge in [-0.05, 0) is 37.3 Å². The summed E-state index contributed by atoms with van der Waals surface area (Å²) >= 11 is 0. The van der Waals surface area contributed by atoms with Crippen LogP contribution in [0, 0.1) is 5.92 Å². The maximum Gasteiger partial charge on any atom is 0.0312 e. The van der Waals surface area contributed by atoms with E-state index < -0.39 is 0 Å². The zero-order valence-electron chi connectivity index (χ0n) is 10.2. The molecule has 1 aliphatic carbocycles. The van der Waals surface area contributed by atoms with E-state index in [9.17, 15) is 0 Å². The van der Waals surface area contributed by atoms with Gasteiger partial charge in [0.15, 0.2) is 0 Å². The van der Waals surface area contributed by atoms with E-state index in [0.29, 0.717) is 6.04 Å². The van der Waals surface area contributed by atoms with Crippen LogP contribution in [-0.2, 0) is 6.54 Å². The molecule has 16 heavy (non-hydrogen) atoms. The van der Waals surface area contributed by atoms with Gasteiger partial charge >= 0.3 is 0 Å². The van der Waals surface area contributed by atoms with Crippen molar-refractivity contribution in [2.24, 2.45) is 5.92 Å². The molecule has 88 valence electrons. The van der Waals surface area contributed by atoms with E-state index in [1.807, 2.05) is 18.5 Å². The van der Waals surface area contributed by atoms with Crippen LogP contribution in [0.2, 0.25) is 0 Å². The number of hydrogen-bond donors (Lipinski definition) is 1. The lowest BCUT2D eigenvalue weighted by Gasteiger charge is -2.28. The Morgan fingerprint density at radius 2 is 2.19 bits per heavy atom. The molecule has 0 saturated heterocycles. The standard InChI is InChI=1S/C14H22N2/c1-12(14-7-3-2-4-8-14)16-11-13-6-5-9-15-10-13/h5-6,9-10,12,14,16H,2-4,7-8,11H2,1H3/t12-/m1/s1. The molecular weight excluding hydrogens is 196 g/mol. The predicted octanol–water partition coefficient (Wildman–Crippen LogP) is 3.14.